The molecular formula is C6H7OP. The van der Waals surface area contributed by atoms with Crippen molar-refractivity contribution in [3.05, 3.63) is 24.3 Å². The van der Waals surface area contributed by atoms with Crippen LogP contribution in [0.2, 0.25) is 0 Å². The molecule has 0 aliphatic rings. The van der Waals surface area contributed by atoms with Crippen LogP contribution < -0.4 is 5.30 Å². The van der Waals surface area contributed by atoms with Crippen molar-refractivity contribution in [2.75, 3.05) is 0 Å². The largest absolute Gasteiger partial charge is 0.507 e. The van der Waals surface area contributed by atoms with Gasteiger partial charge in [0.05, 0.1) is 0 Å². The second kappa shape index (κ2) is 2.15. The van der Waals surface area contributed by atoms with E-state index >= 15 is 0 Å². The molecular weight excluding hydrogens is 119 g/mol. The molecule has 0 fully saturated rings. The molecule has 1 atom stereocenters. The molecule has 0 aliphatic heterocycles. The van der Waals surface area contributed by atoms with Gasteiger partial charge in [0.25, 0.3) is 0 Å². The average molecular weight is 126 g/mol. The summed E-state index contributed by atoms with van der Waals surface area (Å²) in [6, 6.07) is 7.16. The smallest absolute Gasteiger partial charge is 0.122 e. The molecule has 0 saturated carbocycles. The Morgan fingerprint density at radius 2 is 1.88 bits per heavy atom. The Labute approximate surface area is 50.6 Å². The number of para-hydroxylation sites is 1. The van der Waals surface area contributed by atoms with Crippen LogP contribution in [-0.4, -0.2) is 5.11 Å². The van der Waals surface area contributed by atoms with Crippen LogP contribution in [0.1, 0.15) is 0 Å². The fourth-order valence-electron chi connectivity index (χ4n) is 0.488. The monoisotopic (exact) mass is 126 g/mol. The first-order valence-corrected chi connectivity index (χ1v) is 2.92. The molecule has 0 aliphatic carbocycles. The maximum atomic E-state index is 8.90. The van der Waals surface area contributed by atoms with E-state index in [1.165, 1.54) is 0 Å². The third kappa shape index (κ3) is 0.988. The first-order chi connectivity index (χ1) is 3.80. The molecule has 1 aromatic rings. The maximum absolute atomic E-state index is 8.90. The second-order valence-electron chi connectivity index (χ2n) is 1.56. The second-order valence-corrected chi connectivity index (χ2v) is 2.18. The Balaban J connectivity index is 3.13. The molecule has 0 saturated heterocycles. The van der Waals surface area contributed by atoms with Crippen molar-refractivity contribution in [2.24, 2.45) is 0 Å². The summed E-state index contributed by atoms with van der Waals surface area (Å²) in [4.78, 5) is 0. The third-order valence-corrected chi connectivity index (χ3v) is 1.42. The van der Waals surface area contributed by atoms with E-state index in [2.05, 4.69) is 9.24 Å². The molecule has 1 N–H and O–H groups in total. The van der Waals surface area contributed by atoms with Gasteiger partial charge in [-0.05, 0) is 6.07 Å². The Morgan fingerprint density at radius 1 is 1.25 bits per heavy atom. The van der Waals surface area contributed by atoms with E-state index in [9.17, 15) is 0 Å². The highest BCUT2D eigenvalue weighted by molar-refractivity contribution is 7.27. The van der Waals surface area contributed by atoms with Crippen LogP contribution in [-0.2, 0) is 0 Å². The molecule has 0 radical (unpaired) electrons. The lowest BCUT2D eigenvalue weighted by atomic mass is 10.3. The highest BCUT2D eigenvalue weighted by Gasteiger charge is 1.87. The number of hydrogen-bond acceptors (Lipinski definition) is 1. The first-order valence-electron chi connectivity index (χ1n) is 2.34. The first kappa shape index (κ1) is 5.58. The SMILES string of the molecule is Oc1ccccc1P. The number of phenols is 1. The number of rotatable bonds is 0. The van der Waals surface area contributed by atoms with Crippen LogP contribution in [0, 0.1) is 0 Å². The predicted octanol–water partition coefficient (Wildman–Crippen LogP) is 0.893. The van der Waals surface area contributed by atoms with Crippen molar-refractivity contribution >= 4 is 14.5 Å². The molecule has 0 spiro atoms. The van der Waals surface area contributed by atoms with Gasteiger partial charge in [0, 0.05) is 5.30 Å². The molecule has 1 aromatic carbocycles. The molecule has 1 unspecified atom stereocenters. The van der Waals surface area contributed by atoms with Gasteiger partial charge in [-0.3, -0.25) is 0 Å². The number of hydrogen-bond donors (Lipinski definition) is 1. The van der Waals surface area contributed by atoms with Crippen LogP contribution in [0.4, 0.5) is 0 Å². The van der Waals surface area contributed by atoms with E-state index in [0.717, 1.165) is 5.30 Å². The zero-order valence-corrected chi connectivity index (χ0v) is 5.49. The molecule has 2 heteroatoms. The van der Waals surface area contributed by atoms with Gasteiger partial charge in [0.1, 0.15) is 5.75 Å². The number of benzene rings is 1. The Hall–Kier alpha value is -0.550. The van der Waals surface area contributed by atoms with Gasteiger partial charge in [-0.25, -0.2) is 0 Å². The molecule has 0 amide bonds. The van der Waals surface area contributed by atoms with Gasteiger partial charge in [-0.15, -0.1) is 9.24 Å². The Bertz CT molecular complexity index is 165. The van der Waals surface area contributed by atoms with Crippen LogP contribution in [0.25, 0.3) is 0 Å². The van der Waals surface area contributed by atoms with Gasteiger partial charge in [-0.1, -0.05) is 18.2 Å². The summed E-state index contributed by atoms with van der Waals surface area (Å²) in [5, 5.41) is 9.74. The normalized spacial score (nSPS) is 9.12. The lowest BCUT2D eigenvalue weighted by molar-refractivity contribution is 0.480. The van der Waals surface area contributed by atoms with Crippen molar-refractivity contribution in [1.29, 1.82) is 0 Å². The van der Waals surface area contributed by atoms with Crippen molar-refractivity contribution in [2.45, 2.75) is 0 Å². The number of phenolic OH excluding ortho intramolecular Hbond substituents is 1. The molecule has 1 nitrogen and oxygen atoms in total. The maximum Gasteiger partial charge on any atom is 0.122 e. The van der Waals surface area contributed by atoms with Crippen LogP contribution >= 0.6 is 9.24 Å². The molecule has 0 bridgehead atoms. The topological polar surface area (TPSA) is 20.2 Å². The minimum absolute atomic E-state index is 0.331. The Morgan fingerprint density at radius 3 is 2.25 bits per heavy atom. The fraction of sp³-hybridized carbons (Fsp3) is 0. The summed E-state index contributed by atoms with van der Waals surface area (Å²) in [6.45, 7) is 0. The van der Waals surface area contributed by atoms with Crippen molar-refractivity contribution in [1.82, 2.24) is 0 Å². The molecule has 0 aromatic heterocycles. The molecule has 8 heavy (non-hydrogen) atoms. The highest BCUT2D eigenvalue weighted by Crippen LogP contribution is 2.05. The summed E-state index contributed by atoms with van der Waals surface area (Å²) >= 11 is 0. The quantitative estimate of drug-likeness (QED) is 0.512. The van der Waals surface area contributed by atoms with E-state index in [1.54, 1.807) is 12.1 Å². The fourth-order valence-corrected chi connectivity index (χ4v) is 0.695. The standard InChI is InChI=1S/C6H7OP/c7-5-3-1-2-4-6(5)8/h1-4,7H,8H2. The van der Waals surface area contributed by atoms with E-state index in [-0.39, 0.29) is 0 Å². The molecule has 1 rings (SSSR count). The van der Waals surface area contributed by atoms with E-state index in [1.807, 2.05) is 12.1 Å². The van der Waals surface area contributed by atoms with Crippen LogP contribution in [0.3, 0.4) is 0 Å². The van der Waals surface area contributed by atoms with Crippen molar-refractivity contribution < 1.29 is 5.11 Å². The highest BCUT2D eigenvalue weighted by atomic mass is 31.0. The summed E-state index contributed by atoms with van der Waals surface area (Å²) in [5.74, 6) is 0.331. The van der Waals surface area contributed by atoms with Gasteiger partial charge >= 0.3 is 0 Å². The lowest BCUT2D eigenvalue weighted by Gasteiger charge is -1.92. The van der Waals surface area contributed by atoms with Crippen LogP contribution in [0.15, 0.2) is 24.3 Å². The zero-order valence-electron chi connectivity index (χ0n) is 4.33. The van der Waals surface area contributed by atoms with E-state index in [4.69, 9.17) is 5.11 Å². The summed E-state index contributed by atoms with van der Waals surface area (Å²) < 4.78 is 0. The van der Waals surface area contributed by atoms with Gasteiger partial charge < -0.3 is 5.11 Å². The summed E-state index contributed by atoms with van der Waals surface area (Å²) in [7, 11) is 2.44. The summed E-state index contributed by atoms with van der Waals surface area (Å²) in [5.41, 5.74) is 0. The van der Waals surface area contributed by atoms with E-state index in [0.29, 0.717) is 5.75 Å². The molecule has 42 valence electrons. The zero-order chi connectivity index (χ0) is 5.98. The van der Waals surface area contributed by atoms with Gasteiger partial charge in [0.15, 0.2) is 0 Å². The minimum Gasteiger partial charge on any atom is -0.507 e. The lowest BCUT2D eigenvalue weighted by Crippen LogP contribution is -1.86. The minimum atomic E-state index is 0.331. The summed E-state index contributed by atoms with van der Waals surface area (Å²) in [6.07, 6.45) is 0. The molecule has 0 heterocycles. The predicted molar refractivity (Wildman–Crippen MR) is 37.5 cm³/mol. The third-order valence-electron chi connectivity index (χ3n) is 0.937. The van der Waals surface area contributed by atoms with Crippen molar-refractivity contribution in [3.8, 4) is 5.75 Å². The van der Waals surface area contributed by atoms with Gasteiger partial charge in [0.2, 0.25) is 0 Å². The Kier molecular flexibility index (Phi) is 1.50. The average Bonchev–Trinajstić information content (AvgIpc) is 1.77. The van der Waals surface area contributed by atoms with E-state index < -0.39 is 0 Å². The van der Waals surface area contributed by atoms with Crippen LogP contribution in [0.5, 0.6) is 5.75 Å². The number of aromatic hydroxyl groups is 1. The van der Waals surface area contributed by atoms with Gasteiger partial charge in [-0.2, -0.15) is 0 Å². The van der Waals surface area contributed by atoms with Crippen molar-refractivity contribution in [3.63, 3.8) is 0 Å².